The van der Waals surface area contributed by atoms with Gasteiger partial charge in [0.05, 0.1) is 13.3 Å². The van der Waals surface area contributed by atoms with Crippen molar-refractivity contribution in [2.45, 2.75) is 6.04 Å². The lowest BCUT2D eigenvalue weighted by atomic mass is 10.3. The summed E-state index contributed by atoms with van der Waals surface area (Å²) >= 11 is 0. The summed E-state index contributed by atoms with van der Waals surface area (Å²) in [5.74, 6) is -0.144. The van der Waals surface area contributed by atoms with Gasteiger partial charge in [-0.1, -0.05) is 0 Å². The fourth-order valence-corrected chi connectivity index (χ4v) is 1.33. The molecule has 1 atom stereocenters. The number of aromatic nitrogens is 3. The van der Waals surface area contributed by atoms with Crippen LogP contribution in [0.5, 0.6) is 5.88 Å². The van der Waals surface area contributed by atoms with Crippen molar-refractivity contribution in [1.82, 2.24) is 14.6 Å². The van der Waals surface area contributed by atoms with Gasteiger partial charge in [-0.15, -0.1) is 0 Å². The van der Waals surface area contributed by atoms with Crippen LogP contribution in [0.3, 0.4) is 0 Å². The summed E-state index contributed by atoms with van der Waals surface area (Å²) in [5, 5.41) is 4.03. The first-order valence-corrected chi connectivity index (χ1v) is 4.97. The molecule has 0 radical (unpaired) electrons. The lowest BCUT2D eigenvalue weighted by Gasteiger charge is -2.10. The molecule has 2 heterocycles. The number of hydrogen-bond acceptors (Lipinski definition) is 6. The van der Waals surface area contributed by atoms with Crippen LogP contribution < -0.4 is 10.5 Å². The zero-order valence-electron chi connectivity index (χ0n) is 9.24. The fourth-order valence-electron chi connectivity index (χ4n) is 1.33. The number of hydrogen-bond donors (Lipinski definition) is 1. The van der Waals surface area contributed by atoms with E-state index in [1.807, 2.05) is 0 Å². The molecule has 7 nitrogen and oxygen atoms in total. The monoisotopic (exact) mass is 236 g/mol. The number of ether oxygens (including phenoxy) is 2. The summed E-state index contributed by atoms with van der Waals surface area (Å²) in [6, 6.07) is 0.927. The quantitative estimate of drug-likeness (QED) is 0.727. The Labute approximate surface area is 97.1 Å². The van der Waals surface area contributed by atoms with E-state index in [2.05, 4.69) is 14.8 Å². The molecule has 0 spiro atoms. The Morgan fingerprint density at radius 3 is 3.18 bits per heavy atom. The Bertz CT molecular complexity index is 525. The van der Waals surface area contributed by atoms with Gasteiger partial charge in [-0.25, -0.2) is 9.50 Å². The normalized spacial score (nSPS) is 12.4. The predicted octanol–water partition coefficient (Wildman–Crippen LogP) is -0.392. The highest BCUT2D eigenvalue weighted by atomic mass is 16.5. The van der Waals surface area contributed by atoms with Gasteiger partial charge in [0.1, 0.15) is 18.2 Å². The van der Waals surface area contributed by atoms with Crippen molar-refractivity contribution in [2.75, 3.05) is 13.7 Å². The van der Waals surface area contributed by atoms with Crippen LogP contribution in [0.15, 0.2) is 24.7 Å². The lowest BCUT2D eigenvalue weighted by molar-refractivity contribution is -0.142. The molecule has 2 rings (SSSR count). The van der Waals surface area contributed by atoms with Crippen molar-refractivity contribution in [3.05, 3.63) is 24.7 Å². The highest BCUT2D eigenvalue weighted by Gasteiger charge is 2.15. The molecule has 90 valence electrons. The number of nitrogens with two attached hydrogens (primary N) is 1. The Morgan fingerprint density at radius 2 is 2.41 bits per heavy atom. The molecule has 7 heteroatoms. The second-order valence-corrected chi connectivity index (χ2v) is 3.33. The molecule has 0 amide bonds. The lowest BCUT2D eigenvalue weighted by Crippen LogP contribution is -2.37. The van der Waals surface area contributed by atoms with E-state index in [1.165, 1.54) is 7.11 Å². The van der Waals surface area contributed by atoms with Gasteiger partial charge < -0.3 is 15.2 Å². The molecule has 0 aromatic carbocycles. The smallest absolute Gasteiger partial charge is 0.326 e. The van der Waals surface area contributed by atoms with Crippen LogP contribution in [0.4, 0.5) is 0 Å². The molecule has 0 fully saturated rings. The number of rotatable bonds is 4. The summed E-state index contributed by atoms with van der Waals surface area (Å²) < 4.78 is 11.5. The van der Waals surface area contributed by atoms with Crippen LogP contribution in [0.25, 0.3) is 5.52 Å². The van der Waals surface area contributed by atoms with Crippen LogP contribution in [-0.4, -0.2) is 40.3 Å². The molecular weight excluding hydrogens is 224 g/mol. The van der Waals surface area contributed by atoms with Gasteiger partial charge in [0.15, 0.2) is 0 Å². The van der Waals surface area contributed by atoms with E-state index in [9.17, 15) is 4.79 Å². The van der Waals surface area contributed by atoms with Crippen LogP contribution in [-0.2, 0) is 9.53 Å². The van der Waals surface area contributed by atoms with E-state index in [0.717, 1.165) is 0 Å². The molecule has 0 bridgehead atoms. The summed E-state index contributed by atoms with van der Waals surface area (Å²) in [6.45, 7) is 0.00449. The SMILES string of the molecule is COC(=O)C(N)COc1nccn2nccc12. The third-order valence-corrected chi connectivity index (χ3v) is 2.19. The minimum atomic E-state index is -0.829. The average Bonchev–Trinajstić information content (AvgIpc) is 2.83. The molecule has 0 saturated heterocycles. The van der Waals surface area contributed by atoms with Gasteiger partial charge in [0.25, 0.3) is 0 Å². The number of esters is 1. The molecule has 2 aromatic rings. The van der Waals surface area contributed by atoms with Crippen molar-refractivity contribution >= 4 is 11.5 Å². The average molecular weight is 236 g/mol. The Morgan fingerprint density at radius 1 is 1.59 bits per heavy atom. The van der Waals surface area contributed by atoms with E-state index >= 15 is 0 Å². The second kappa shape index (κ2) is 4.79. The van der Waals surface area contributed by atoms with Gasteiger partial charge in [-0.05, 0) is 6.07 Å². The molecule has 0 aliphatic heterocycles. The summed E-state index contributed by atoms with van der Waals surface area (Å²) in [6.07, 6.45) is 4.88. The molecule has 0 saturated carbocycles. The standard InChI is InChI=1S/C10H12N4O3/c1-16-10(15)7(11)6-17-9-8-2-3-13-14(8)5-4-12-9/h2-5,7H,6,11H2,1H3. The van der Waals surface area contributed by atoms with Crippen LogP contribution >= 0.6 is 0 Å². The summed E-state index contributed by atoms with van der Waals surface area (Å²) in [7, 11) is 1.28. The minimum absolute atomic E-state index is 0.00449. The van der Waals surface area contributed by atoms with Gasteiger partial charge in [0, 0.05) is 12.4 Å². The van der Waals surface area contributed by atoms with Crippen LogP contribution in [0.2, 0.25) is 0 Å². The maximum absolute atomic E-state index is 11.1. The first-order valence-electron chi connectivity index (χ1n) is 4.97. The molecular formula is C10H12N4O3. The molecule has 17 heavy (non-hydrogen) atoms. The van der Waals surface area contributed by atoms with E-state index in [0.29, 0.717) is 11.4 Å². The topological polar surface area (TPSA) is 91.7 Å². The number of carbonyl (C=O) groups is 1. The third kappa shape index (κ3) is 2.34. The number of carbonyl (C=O) groups excluding carboxylic acids is 1. The van der Waals surface area contributed by atoms with Crippen molar-refractivity contribution in [2.24, 2.45) is 5.73 Å². The Balaban J connectivity index is 2.09. The predicted molar refractivity (Wildman–Crippen MR) is 58.5 cm³/mol. The Kier molecular flexibility index (Phi) is 3.20. The van der Waals surface area contributed by atoms with E-state index in [1.54, 1.807) is 29.2 Å². The van der Waals surface area contributed by atoms with Crippen LogP contribution in [0.1, 0.15) is 0 Å². The van der Waals surface area contributed by atoms with E-state index in [-0.39, 0.29) is 6.61 Å². The highest BCUT2D eigenvalue weighted by Crippen LogP contribution is 2.14. The molecule has 0 aliphatic rings. The molecule has 2 N–H and O–H groups in total. The Hall–Kier alpha value is -2.15. The third-order valence-electron chi connectivity index (χ3n) is 2.19. The number of methoxy groups -OCH3 is 1. The number of fused-ring (bicyclic) bond motifs is 1. The maximum atomic E-state index is 11.1. The molecule has 2 aromatic heterocycles. The maximum Gasteiger partial charge on any atom is 0.326 e. The fraction of sp³-hybridized carbons (Fsp3) is 0.300. The molecule has 1 unspecified atom stereocenters. The zero-order valence-corrected chi connectivity index (χ0v) is 9.24. The van der Waals surface area contributed by atoms with E-state index in [4.69, 9.17) is 10.5 Å². The summed E-state index contributed by atoms with van der Waals surface area (Å²) in [4.78, 5) is 15.1. The second-order valence-electron chi connectivity index (χ2n) is 3.33. The van der Waals surface area contributed by atoms with Gasteiger partial charge in [-0.2, -0.15) is 5.10 Å². The van der Waals surface area contributed by atoms with Crippen molar-refractivity contribution in [3.8, 4) is 5.88 Å². The zero-order chi connectivity index (χ0) is 12.3. The van der Waals surface area contributed by atoms with Gasteiger partial charge >= 0.3 is 5.97 Å². The van der Waals surface area contributed by atoms with E-state index < -0.39 is 12.0 Å². The minimum Gasteiger partial charge on any atom is -0.474 e. The first-order chi connectivity index (χ1) is 8.22. The van der Waals surface area contributed by atoms with Crippen molar-refractivity contribution in [1.29, 1.82) is 0 Å². The highest BCUT2D eigenvalue weighted by molar-refractivity contribution is 5.75. The van der Waals surface area contributed by atoms with Gasteiger partial charge in [-0.3, -0.25) is 4.79 Å². The largest absolute Gasteiger partial charge is 0.474 e. The van der Waals surface area contributed by atoms with Crippen molar-refractivity contribution in [3.63, 3.8) is 0 Å². The van der Waals surface area contributed by atoms with Crippen molar-refractivity contribution < 1.29 is 14.3 Å². The summed E-state index contributed by atoms with van der Waals surface area (Å²) in [5.41, 5.74) is 6.26. The molecule has 0 aliphatic carbocycles. The van der Waals surface area contributed by atoms with Crippen LogP contribution in [0, 0.1) is 0 Å². The first kappa shape index (κ1) is 11.3. The number of nitrogens with zero attached hydrogens (tertiary/aromatic N) is 3. The van der Waals surface area contributed by atoms with Gasteiger partial charge in [0.2, 0.25) is 5.88 Å².